The maximum absolute atomic E-state index is 13.9. The third kappa shape index (κ3) is 13.6. The Labute approximate surface area is 320 Å². The van der Waals surface area contributed by atoms with Crippen molar-refractivity contribution in [2.75, 3.05) is 18.9 Å². The summed E-state index contributed by atoms with van der Waals surface area (Å²) in [5, 5.41) is 13.7. The Bertz CT molecular complexity index is 1620. The van der Waals surface area contributed by atoms with Crippen molar-refractivity contribution in [3.05, 3.63) is 48.3 Å². The van der Waals surface area contributed by atoms with Crippen molar-refractivity contribution in [3.63, 3.8) is 0 Å². The van der Waals surface area contributed by atoms with Crippen LogP contribution in [0.2, 0.25) is 0 Å². The number of halogens is 1. The number of unbranched alkanes of at least 4 members (excludes halogenated alkanes) is 16. The first kappa shape index (κ1) is 43.2. The van der Waals surface area contributed by atoms with Crippen LogP contribution in [0.15, 0.2) is 36.7 Å². The molecule has 3 aromatic rings. The van der Waals surface area contributed by atoms with E-state index in [0.29, 0.717) is 0 Å². The zero-order chi connectivity index (χ0) is 38.6. The van der Waals surface area contributed by atoms with Gasteiger partial charge in [0.25, 0.3) is 0 Å². The Hall–Kier alpha value is -3.53. The summed E-state index contributed by atoms with van der Waals surface area (Å²) in [6.07, 6.45) is 25.7. The number of carbonyl (C=O) groups is 1. The molecule has 1 saturated heterocycles. The van der Waals surface area contributed by atoms with E-state index in [2.05, 4.69) is 32.9 Å². The van der Waals surface area contributed by atoms with Gasteiger partial charge in [0.2, 0.25) is 0 Å². The number of aliphatic hydroxyl groups is 1. The number of rotatable bonds is 27. The van der Waals surface area contributed by atoms with Gasteiger partial charge in [-0.2, -0.15) is 14.4 Å². The molecule has 1 aliphatic rings. The molecule has 0 aliphatic carbocycles. The molecule has 1 aromatic carbocycles. The van der Waals surface area contributed by atoms with Crippen molar-refractivity contribution in [2.24, 2.45) is 0 Å². The molecule has 296 valence electrons. The fraction of sp³-hybridized carbons (Fsp3) is 0.650. The quantitative estimate of drug-likeness (QED) is 0.0225. The van der Waals surface area contributed by atoms with Gasteiger partial charge in [0.15, 0.2) is 28.6 Å². The number of fused-ring (bicyclic) bond motifs is 1. The normalized spacial score (nSPS) is 19.2. The van der Waals surface area contributed by atoms with Crippen molar-refractivity contribution in [3.8, 4) is 12.3 Å². The van der Waals surface area contributed by atoms with E-state index in [9.17, 15) is 18.9 Å². The number of benzene rings is 1. The Kier molecular flexibility index (Phi) is 18.7. The number of hydrogen-bond acceptors (Lipinski definition) is 10. The van der Waals surface area contributed by atoms with Gasteiger partial charge in [-0.3, -0.25) is 9.36 Å². The largest absolute Gasteiger partial charge is 0.614 e. The summed E-state index contributed by atoms with van der Waals surface area (Å²) in [4.78, 5) is 24.6. The number of esters is 1. The summed E-state index contributed by atoms with van der Waals surface area (Å²) < 4.78 is 45.7. The fourth-order valence-electron chi connectivity index (χ4n) is 6.80. The van der Waals surface area contributed by atoms with Crippen LogP contribution in [0.25, 0.3) is 11.2 Å². The van der Waals surface area contributed by atoms with E-state index in [1.807, 2.05) is 30.3 Å². The molecule has 1 aliphatic heterocycles. The minimum Gasteiger partial charge on any atom is -0.464 e. The molecule has 5 atom stereocenters. The molecular formula is C40H59FN6O6P+. The predicted octanol–water partition coefficient (Wildman–Crippen LogP) is 8.27. The second kappa shape index (κ2) is 23.4. The maximum Gasteiger partial charge on any atom is 0.614 e. The highest BCUT2D eigenvalue weighted by Crippen LogP contribution is 2.39. The van der Waals surface area contributed by atoms with Crippen LogP contribution < -0.4 is 10.8 Å². The molecule has 0 amide bonds. The number of anilines is 1. The van der Waals surface area contributed by atoms with Gasteiger partial charge in [-0.15, -0.1) is 10.9 Å². The summed E-state index contributed by atoms with van der Waals surface area (Å²) in [7, 11) is -2.65. The Balaban J connectivity index is 1.15. The molecule has 14 heteroatoms. The van der Waals surface area contributed by atoms with E-state index in [-0.39, 0.29) is 36.4 Å². The lowest BCUT2D eigenvalue weighted by molar-refractivity contribution is -0.145. The molecule has 1 unspecified atom stereocenters. The van der Waals surface area contributed by atoms with E-state index in [0.717, 1.165) is 24.8 Å². The van der Waals surface area contributed by atoms with Crippen LogP contribution in [-0.2, 0) is 29.8 Å². The van der Waals surface area contributed by atoms with E-state index >= 15 is 0 Å². The van der Waals surface area contributed by atoms with E-state index in [1.165, 1.54) is 101 Å². The molecule has 2 aromatic heterocycles. The summed E-state index contributed by atoms with van der Waals surface area (Å²) in [6, 6.07) is 8.37. The summed E-state index contributed by atoms with van der Waals surface area (Å²) >= 11 is 0. The summed E-state index contributed by atoms with van der Waals surface area (Å²) in [5.74, 6) is 1.75. The fourth-order valence-corrected chi connectivity index (χ4v) is 7.63. The van der Waals surface area contributed by atoms with Crippen LogP contribution in [0, 0.1) is 18.4 Å². The van der Waals surface area contributed by atoms with Gasteiger partial charge >= 0.3 is 20.2 Å². The number of imidazole rings is 1. The smallest absolute Gasteiger partial charge is 0.464 e. The standard InChI is InChI=1S/C40H59FN6O6P/c1-3-5-6-7-8-9-10-11-12-13-14-15-16-17-18-19-23-26-51-38(49)32(27-31-24-21-20-22-25-31)46-54(50)52-29-40(4-2)33(48)28-34(53-40)47-30-43-35-36(42)44-39(41)45-37(35)47/h2,20-22,24-25,30,32-34,48H,3,5-19,23,26-29H2,1H3,(H,46,50)(H2,42,44,45)/q+1/t32-,33-,34+,40+/m0/s1. The number of hydrogen-bond donors (Lipinski definition) is 3. The van der Waals surface area contributed by atoms with Crippen molar-refractivity contribution >= 4 is 31.1 Å². The average Bonchev–Trinajstić information content (AvgIpc) is 3.74. The predicted molar refractivity (Wildman–Crippen MR) is 208 cm³/mol. The second-order valence-electron chi connectivity index (χ2n) is 14.3. The van der Waals surface area contributed by atoms with Crippen LogP contribution in [0.5, 0.6) is 0 Å². The molecule has 12 nitrogen and oxygen atoms in total. The Morgan fingerprint density at radius 3 is 2.22 bits per heavy atom. The van der Waals surface area contributed by atoms with Crippen molar-refractivity contribution in [1.82, 2.24) is 24.6 Å². The molecule has 0 radical (unpaired) electrons. The van der Waals surface area contributed by atoms with Gasteiger partial charge in [0.1, 0.15) is 18.9 Å². The summed E-state index contributed by atoms with van der Waals surface area (Å²) in [6.45, 7) is 2.07. The number of aromatic nitrogens is 4. The van der Waals surface area contributed by atoms with Crippen LogP contribution in [0.3, 0.4) is 0 Å². The zero-order valence-corrected chi connectivity index (χ0v) is 32.7. The number of nitrogens with two attached hydrogens (primary N) is 1. The van der Waals surface area contributed by atoms with Crippen molar-refractivity contribution in [1.29, 1.82) is 0 Å². The average molecular weight is 770 g/mol. The molecule has 54 heavy (non-hydrogen) atoms. The minimum atomic E-state index is -2.65. The monoisotopic (exact) mass is 769 g/mol. The number of nitrogens with one attached hydrogen (secondary N) is 1. The van der Waals surface area contributed by atoms with Crippen molar-refractivity contribution in [2.45, 2.75) is 153 Å². The number of aliphatic hydroxyl groups excluding tert-OH is 1. The molecular weight excluding hydrogens is 710 g/mol. The van der Waals surface area contributed by atoms with Crippen molar-refractivity contribution < 1.29 is 32.9 Å². The first-order valence-electron chi connectivity index (χ1n) is 19.8. The van der Waals surface area contributed by atoms with Crippen LogP contribution in [0.1, 0.15) is 134 Å². The van der Waals surface area contributed by atoms with Gasteiger partial charge in [0.05, 0.1) is 12.9 Å². The number of carbonyl (C=O) groups excluding carboxylic acids is 1. The lowest BCUT2D eigenvalue weighted by Gasteiger charge is -2.23. The van der Waals surface area contributed by atoms with E-state index in [1.54, 1.807) is 0 Å². The number of ether oxygens (including phenoxy) is 2. The zero-order valence-electron chi connectivity index (χ0n) is 31.8. The molecule has 4 rings (SSSR count). The third-order valence-electron chi connectivity index (χ3n) is 10.0. The maximum atomic E-state index is 13.9. The number of nitrogens with zero attached hydrogens (tertiary/aromatic N) is 4. The van der Waals surface area contributed by atoms with Gasteiger partial charge < -0.3 is 20.3 Å². The van der Waals surface area contributed by atoms with Gasteiger partial charge in [-0.25, -0.2) is 4.98 Å². The Morgan fingerprint density at radius 2 is 1.63 bits per heavy atom. The first-order chi connectivity index (χ1) is 26.3. The highest BCUT2D eigenvalue weighted by molar-refractivity contribution is 7.36. The minimum absolute atomic E-state index is 0.0167. The van der Waals surface area contributed by atoms with Gasteiger partial charge in [0, 0.05) is 12.8 Å². The number of terminal acetylenes is 1. The van der Waals surface area contributed by atoms with Crippen LogP contribution in [-0.4, -0.2) is 61.6 Å². The van der Waals surface area contributed by atoms with Crippen LogP contribution >= 0.6 is 8.18 Å². The molecule has 0 bridgehead atoms. The van der Waals surface area contributed by atoms with E-state index in [4.69, 9.17) is 26.2 Å². The van der Waals surface area contributed by atoms with Gasteiger partial charge in [-0.05, 0) is 16.5 Å². The third-order valence-corrected chi connectivity index (χ3v) is 10.9. The number of nitrogen functional groups attached to an aromatic ring is 1. The lowest BCUT2D eigenvalue weighted by atomic mass is 9.99. The molecule has 1 fully saturated rings. The molecule has 0 saturated carbocycles. The SMILES string of the molecule is C#C[C@]1(CO[P+](=O)N[C@@H](Cc2ccccc2)C(=O)OCCCCCCCCCCCCCCCCCCC)O[C@@H](n2cnc3c(N)nc(F)nc32)C[C@@H]1O. The van der Waals surface area contributed by atoms with Gasteiger partial charge in [-0.1, -0.05) is 151 Å². The Morgan fingerprint density at radius 1 is 1.04 bits per heavy atom. The summed E-state index contributed by atoms with van der Waals surface area (Å²) in [5.41, 5.74) is 5.15. The highest BCUT2D eigenvalue weighted by Gasteiger charge is 2.50. The highest BCUT2D eigenvalue weighted by atomic mass is 31.1. The lowest BCUT2D eigenvalue weighted by Crippen LogP contribution is -2.43. The first-order valence-corrected chi connectivity index (χ1v) is 21.0. The van der Waals surface area contributed by atoms with Crippen LogP contribution in [0.4, 0.5) is 10.2 Å². The second-order valence-corrected chi connectivity index (χ2v) is 15.3. The topological polar surface area (TPSA) is 164 Å². The van der Waals surface area contributed by atoms with E-state index < -0.39 is 50.8 Å². The molecule has 4 N–H and O–H groups in total. The molecule has 3 heterocycles. The molecule has 0 spiro atoms.